The highest BCUT2D eigenvalue weighted by molar-refractivity contribution is 6.30. The lowest BCUT2D eigenvalue weighted by Crippen LogP contribution is -2.34. The summed E-state index contributed by atoms with van der Waals surface area (Å²) < 4.78 is 3.95. The Labute approximate surface area is 193 Å². The lowest BCUT2D eigenvalue weighted by atomic mass is 9.89. The van der Waals surface area contributed by atoms with Gasteiger partial charge in [0.25, 0.3) is 5.56 Å². The Hall–Kier alpha value is -2.27. The Morgan fingerprint density at radius 1 is 0.839 bits per heavy atom. The first-order chi connectivity index (χ1) is 14.7. The number of halogens is 2. The Bertz CT molecular complexity index is 1220. The molecule has 0 N–H and O–H groups in total. The largest absolute Gasteiger partial charge is 0.310 e. The molecule has 0 aliphatic carbocycles. The summed E-state index contributed by atoms with van der Waals surface area (Å²) >= 11 is 6.02. The monoisotopic (exact) mass is 455 g/mol. The van der Waals surface area contributed by atoms with Crippen LogP contribution in [0.2, 0.25) is 5.02 Å². The highest BCUT2D eigenvalue weighted by Gasteiger charge is 2.20. The molecule has 1 fully saturated rings. The fourth-order valence-electron chi connectivity index (χ4n) is 4.81. The van der Waals surface area contributed by atoms with Gasteiger partial charge in [0, 0.05) is 17.8 Å². The number of aryl methyl sites for hydroxylation is 1. The van der Waals surface area contributed by atoms with E-state index in [1.807, 2.05) is 57.6 Å². The summed E-state index contributed by atoms with van der Waals surface area (Å²) in [6, 6.07) is 20.3. The van der Waals surface area contributed by atoms with Crippen molar-refractivity contribution in [3.8, 4) is 0 Å². The molecule has 0 saturated carbocycles. The molecule has 0 bridgehead atoms. The van der Waals surface area contributed by atoms with E-state index in [4.69, 9.17) is 11.6 Å². The van der Waals surface area contributed by atoms with Crippen molar-refractivity contribution in [1.82, 2.24) is 13.9 Å². The van der Waals surface area contributed by atoms with Crippen LogP contribution < -0.4 is 5.56 Å². The van der Waals surface area contributed by atoms with Crippen LogP contribution in [0.4, 0.5) is 0 Å². The summed E-state index contributed by atoms with van der Waals surface area (Å²) in [5.41, 5.74) is 4.34. The van der Waals surface area contributed by atoms with Crippen molar-refractivity contribution >= 4 is 40.6 Å². The minimum absolute atomic E-state index is 0. The summed E-state index contributed by atoms with van der Waals surface area (Å²) in [5.74, 6) is 0.627. The first-order valence-electron chi connectivity index (χ1n) is 10.8. The number of nitrogens with zero attached hydrogens (tertiary/aromatic N) is 3. The van der Waals surface area contributed by atoms with Gasteiger partial charge in [-0.15, -0.1) is 12.4 Å². The molecule has 0 spiro atoms. The Morgan fingerprint density at radius 3 is 2.26 bits per heavy atom. The summed E-state index contributed by atoms with van der Waals surface area (Å²) in [5, 5.41) is 0.803. The van der Waals surface area contributed by atoms with Gasteiger partial charge in [-0.25, -0.2) is 0 Å². The number of aromatic nitrogens is 2. The second kappa shape index (κ2) is 9.47. The molecule has 5 rings (SSSR count). The van der Waals surface area contributed by atoms with Gasteiger partial charge in [-0.05, 0) is 86.8 Å². The Morgan fingerprint density at radius 2 is 1.52 bits per heavy atom. The van der Waals surface area contributed by atoms with Gasteiger partial charge in [0.05, 0.1) is 11.0 Å². The van der Waals surface area contributed by atoms with E-state index in [0.29, 0.717) is 5.92 Å². The molecule has 3 heterocycles. The number of hydrogen-bond acceptors (Lipinski definition) is 2. The van der Waals surface area contributed by atoms with E-state index in [-0.39, 0.29) is 18.0 Å². The minimum Gasteiger partial charge on any atom is -0.310 e. The molecular formula is C25H27Cl2N3O. The molecular weight excluding hydrogens is 429 g/mol. The molecule has 162 valence electrons. The van der Waals surface area contributed by atoms with Crippen LogP contribution in [0.5, 0.6) is 0 Å². The van der Waals surface area contributed by atoms with Crippen molar-refractivity contribution < 1.29 is 0 Å². The van der Waals surface area contributed by atoms with E-state index < -0.39 is 0 Å². The van der Waals surface area contributed by atoms with E-state index in [1.54, 1.807) is 0 Å². The number of likely N-dealkylation sites (tertiary alicyclic amines) is 1. The summed E-state index contributed by atoms with van der Waals surface area (Å²) in [6.45, 7) is 4.00. The topological polar surface area (TPSA) is 29.6 Å². The van der Waals surface area contributed by atoms with Crippen molar-refractivity contribution in [3.05, 3.63) is 87.8 Å². The van der Waals surface area contributed by atoms with E-state index >= 15 is 0 Å². The predicted octanol–water partition coefficient (Wildman–Crippen LogP) is 5.60. The smallest absolute Gasteiger partial charge is 0.275 e. The first-order valence-corrected chi connectivity index (χ1v) is 11.1. The number of benzene rings is 2. The maximum absolute atomic E-state index is 13.0. The fourth-order valence-corrected chi connectivity index (χ4v) is 4.93. The van der Waals surface area contributed by atoms with Crippen LogP contribution in [-0.4, -0.2) is 33.5 Å². The zero-order chi connectivity index (χ0) is 20.5. The van der Waals surface area contributed by atoms with Crippen LogP contribution >= 0.6 is 24.0 Å². The van der Waals surface area contributed by atoms with Crippen molar-refractivity contribution in [1.29, 1.82) is 0 Å². The van der Waals surface area contributed by atoms with Gasteiger partial charge >= 0.3 is 0 Å². The molecule has 0 radical (unpaired) electrons. The third kappa shape index (κ3) is 4.38. The SMILES string of the molecule is Cl.O=c1c2cccn2c2ccccc2n1CCCN1CCC(c2ccc(Cl)cc2)CC1. The Kier molecular flexibility index (Phi) is 6.71. The van der Waals surface area contributed by atoms with Crippen LogP contribution in [0.1, 0.15) is 30.7 Å². The van der Waals surface area contributed by atoms with Gasteiger partial charge in [0.2, 0.25) is 0 Å². The van der Waals surface area contributed by atoms with Crippen molar-refractivity contribution in [2.75, 3.05) is 19.6 Å². The highest BCUT2D eigenvalue weighted by atomic mass is 35.5. The van der Waals surface area contributed by atoms with Crippen LogP contribution in [-0.2, 0) is 6.54 Å². The third-order valence-electron chi connectivity index (χ3n) is 6.43. The maximum atomic E-state index is 13.0. The van der Waals surface area contributed by atoms with Gasteiger partial charge in [-0.1, -0.05) is 35.9 Å². The molecule has 0 unspecified atom stereocenters. The number of rotatable bonds is 5. The first kappa shape index (κ1) is 21.9. The lowest BCUT2D eigenvalue weighted by Gasteiger charge is -2.32. The van der Waals surface area contributed by atoms with Gasteiger partial charge in [-0.2, -0.15) is 0 Å². The molecule has 6 heteroatoms. The van der Waals surface area contributed by atoms with Crippen LogP contribution in [0.3, 0.4) is 0 Å². The van der Waals surface area contributed by atoms with Gasteiger partial charge < -0.3 is 13.9 Å². The van der Waals surface area contributed by atoms with Crippen molar-refractivity contribution in [3.63, 3.8) is 0 Å². The second-order valence-corrected chi connectivity index (χ2v) is 8.67. The molecule has 2 aromatic heterocycles. The van der Waals surface area contributed by atoms with Gasteiger partial charge in [-0.3, -0.25) is 4.79 Å². The molecule has 4 nitrogen and oxygen atoms in total. The molecule has 0 amide bonds. The average molecular weight is 456 g/mol. The standard InChI is InChI=1S/C25H26ClN3O.ClH/c26-21-10-8-19(9-11-21)20-12-17-27(18-13-20)14-4-16-29-23-6-2-1-5-22(23)28-15-3-7-24(28)25(29)30;/h1-3,5-11,15,20H,4,12-14,16-18H2;1H. The van der Waals surface area contributed by atoms with Crippen molar-refractivity contribution in [2.45, 2.75) is 31.7 Å². The quantitative estimate of drug-likeness (QED) is 0.391. The minimum atomic E-state index is 0. The predicted molar refractivity (Wildman–Crippen MR) is 131 cm³/mol. The number of para-hydroxylation sites is 2. The summed E-state index contributed by atoms with van der Waals surface area (Å²) in [4.78, 5) is 15.6. The molecule has 31 heavy (non-hydrogen) atoms. The van der Waals surface area contributed by atoms with Gasteiger partial charge in [0.1, 0.15) is 5.52 Å². The second-order valence-electron chi connectivity index (χ2n) is 8.23. The molecule has 4 aromatic rings. The number of piperidine rings is 1. The highest BCUT2D eigenvalue weighted by Crippen LogP contribution is 2.29. The zero-order valence-electron chi connectivity index (χ0n) is 17.4. The van der Waals surface area contributed by atoms with E-state index in [1.165, 1.54) is 18.4 Å². The molecule has 1 saturated heterocycles. The average Bonchev–Trinajstić information content (AvgIpc) is 3.28. The van der Waals surface area contributed by atoms with Gasteiger partial charge in [0.15, 0.2) is 0 Å². The normalized spacial score (nSPS) is 15.4. The molecule has 1 aliphatic heterocycles. The van der Waals surface area contributed by atoms with E-state index in [2.05, 4.69) is 23.1 Å². The fraction of sp³-hybridized carbons (Fsp3) is 0.320. The Balaban J connectivity index is 0.00000231. The molecule has 1 aliphatic rings. The summed E-state index contributed by atoms with van der Waals surface area (Å²) in [7, 11) is 0. The maximum Gasteiger partial charge on any atom is 0.275 e. The zero-order valence-corrected chi connectivity index (χ0v) is 19.0. The third-order valence-corrected chi connectivity index (χ3v) is 6.68. The van der Waals surface area contributed by atoms with Crippen molar-refractivity contribution in [2.24, 2.45) is 0 Å². The number of fused-ring (bicyclic) bond motifs is 3. The van der Waals surface area contributed by atoms with E-state index in [9.17, 15) is 4.79 Å². The molecule has 2 aromatic carbocycles. The van der Waals surface area contributed by atoms with Crippen LogP contribution in [0, 0.1) is 0 Å². The molecule has 0 atom stereocenters. The van der Waals surface area contributed by atoms with Crippen LogP contribution in [0.15, 0.2) is 71.7 Å². The summed E-state index contributed by atoms with van der Waals surface area (Å²) in [6.07, 6.45) is 5.31. The van der Waals surface area contributed by atoms with Crippen LogP contribution in [0.25, 0.3) is 16.6 Å². The number of hydrogen-bond donors (Lipinski definition) is 0. The van der Waals surface area contributed by atoms with E-state index in [0.717, 1.165) is 54.2 Å². The lowest BCUT2D eigenvalue weighted by molar-refractivity contribution is 0.207.